The van der Waals surface area contributed by atoms with Gasteiger partial charge in [0.1, 0.15) is 17.1 Å². The molecule has 0 saturated carbocycles. The summed E-state index contributed by atoms with van der Waals surface area (Å²) in [5.41, 5.74) is -0.369. The number of H-pyrrole nitrogens is 1. The average molecular weight is 217 g/mol. The Morgan fingerprint density at radius 3 is 3.07 bits per heavy atom. The number of rotatable bonds is 2. The number of esters is 1. The van der Waals surface area contributed by atoms with Crippen molar-refractivity contribution >= 4 is 5.97 Å². The first-order valence-corrected chi connectivity index (χ1v) is 4.46. The number of ether oxygens (including phenoxy) is 2. The number of hydrogen-bond acceptors (Lipinski definition) is 3. The Hall–Kier alpha value is -1.59. The van der Waals surface area contributed by atoms with E-state index in [2.05, 4.69) is 9.72 Å². The molecule has 1 aliphatic rings. The van der Waals surface area contributed by atoms with Gasteiger partial charge in [0.25, 0.3) is 0 Å². The summed E-state index contributed by atoms with van der Waals surface area (Å²) in [6.45, 7) is 1.15. The molecule has 4 nitrogen and oxygen atoms in total. The average Bonchev–Trinajstić information content (AvgIpc) is 2.68. The molecule has 1 N–H and O–H groups in total. The van der Waals surface area contributed by atoms with Crippen LogP contribution in [-0.2, 0) is 10.7 Å². The Kier molecular flexibility index (Phi) is 2.13. The Labute approximate surface area is 84.2 Å². The Morgan fingerprint density at radius 1 is 1.73 bits per heavy atom. The Bertz CT molecular complexity index is 400. The summed E-state index contributed by atoms with van der Waals surface area (Å²) in [5, 5.41) is 0. The summed E-state index contributed by atoms with van der Waals surface area (Å²) in [4.78, 5) is 13.5. The van der Waals surface area contributed by atoms with Gasteiger partial charge in [-0.2, -0.15) is 8.78 Å². The molecule has 0 fully saturated rings. The van der Waals surface area contributed by atoms with Crippen LogP contribution >= 0.6 is 0 Å². The molecule has 0 unspecified atom stereocenters. The standard InChI is InChI=1S/C9H9F2NO3/c1-2-14-8(13)5-3-6-7(12-5)9(10,11)4-15-6/h3,12H,2,4H2,1H3. The third-order valence-corrected chi connectivity index (χ3v) is 2.05. The molecule has 0 amide bonds. The number of carbonyl (C=O) groups is 1. The summed E-state index contributed by atoms with van der Waals surface area (Å²) in [6.07, 6.45) is 0. The molecular weight excluding hydrogens is 208 g/mol. The van der Waals surface area contributed by atoms with Crippen molar-refractivity contribution in [2.45, 2.75) is 12.8 Å². The van der Waals surface area contributed by atoms with Crippen LogP contribution in [0.4, 0.5) is 8.78 Å². The number of nitrogens with one attached hydrogen (secondary N) is 1. The third kappa shape index (κ3) is 1.55. The summed E-state index contributed by atoms with van der Waals surface area (Å²) < 4.78 is 35.6. The van der Waals surface area contributed by atoms with Crippen LogP contribution in [0, 0.1) is 0 Å². The number of aromatic amines is 1. The van der Waals surface area contributed by atoms with E-state index >= 15 is 0 Å². The van der Waals surface area contributed by atoms with Crippen molar-refractivity contribution in [2.24, 2.45) is 0 Å². The zero-order valence-electron chi connectivity index (χ0n) is 7.97. The number of alkyl halides is 2. The van der Waals surface area contributed by atoms with E-state index in [1.807, 2.05) is 0 Å². The lowest BCUT2D eigenvalue weighted by atomic mass is 10.3. The minimum Gasteiger partial charge on any atom is -0.485 e. The van der Waals surface area contributed by atoms with Crippen LogP contribution < -0.4 is 4.74 Å². The largest absolute Gasteiger partial charge is 0.485 e. The molecule has 1 aliphatic heterocycles. The van der Waals surface area contributed by atoms with Crippen molar-refractivity contribution in [1.82, 2.24) is 4.98 Å². The molecule has 0 aliphatic carbocycles. The fourth-order valence-corrected chi connectivity index (χ4v) is 1.38. The van der Waals surface area contributed by atoms with Crippen LogP contribution in [0.2, 0.25) is 0 Å². The van der Waals surface area contributed by atoms with Gasteiger partial charge in [0.15, 0.2) is 6.61 Å². The maximum absolute atomic E-state index is 13.1. The summed E-state index contributed by atoms with van der Waals surface area (Å²) in [6, 6.07) is 1.23. The first kappa shape index (κ1) is 9.95. The lowest BCUT2D eigenvalue weighted by Gasteiger charge is -2.05. The van der Waals surface area contributed by atoms with Gasteiger partial charge >= 0.3 is 11.9 Å². The molecule has 0 bridgehead atoms. The third-order valence-electron chi connectivity index (χ3n) is 2.05. The number of aromatic nitrogens is 1. The quantitative estimate of drug-likeness (QED) is 0.766. The van der Waals surface area contributed by atoms with E-state index < -0.39 is 18.5 Å². The summed E-state index contributed by atoms with van der Waals surface area (Å²) >= 11 is 0. The molecular formula is C9H9F2NO3. The summed E-state index contributed by atoms with van der Waals surface area (Å²) in [5.74, 6) is -3.70. The van der Waals surface area contributed by atoms with Crippen LogP contribution in [0.5, 0.6) is 5.75 Å². The van der Waals surface area contributed by atoms with Crippen LogP contribution in [0.3, 0.4) is 0 Å². The van der Waals surface area contributed by atoms with Gasteiger partial charge in [-0.15, -0.1) is 0 Å². The number of fused-ring (bicyclic) bond motifs is 1. The van der Waals surface area contributed by atoms with E-state index in [0.29, 0.717) is 0 Å². The highest BCUT2D eigenvalue weighted by Gasteiger charge is 2.44. The molecule has 0 saturated heterocycles. The van der Waals surface area contributed by atoms with Crippen molar-refractivity contribution in [3.63, 3.8) is 0 Å². The van der Waals surface area contributed by atoms with Crippen molar-refractivity contribution in [3.8, 4) is 5.75 Å². The van der Waals surface area contributed by atoms with Gasteiger partial charge in [-0.25, -0.2) is 4.79 Å². The van der Waals surface area contributed by atoms with E-state index in [4.69, 9.17) is 4.74 Å². The van der Waals surface area contributed by atoms with Gasteiger partial charge < -0.3 is 14.5 Å². The van der Waals surface area contributed by atoms with Gasteiger partial charge in [-0.1, -0.05) is 0 Å². The van der Waals surface area contributed by atoms with E-state index in [9.17, 15) is 13.6 Å². The van der Waals surface area contributed by atoms with Gasteiger partial charge in [-0.3, -0.25) is 0 Å². The lowest BCUT2D eigenvalue weighted by Crippen LogP contribution is -2.17. The number of carbonyl (C=O) groups excluding carboxylic acids is 1. The normalized spacial score (nSPS) is 17.0. The minimum atomic E-state index is -3.06. The fraction of sp³-hybridized carbons (Fsp3) is 0.444. The molecule has 0 radical (unpaired) electrons. The number of halogens is 2. The van der Waals surface area contributed by atoms with E-state index in [1.165, 1.54) is 6.07 Å². The van der Waals surface area contributed by atoms with Crippen molar-refractivity contribution in [3.05, 3.63) is 17.5 Å². The summed E-state index contributed by atoms with van der Waals surface area (Å²) in [7, 11) is 0. The van der Waals surface area contributed by atoms with Crippen LogP contribution in [0.1, 0.15) is 23.1 Å². The van der Waals surface area contributed by atoms with Gasteiger partial charge in [-0.05, 0) is 6.92 Å². The molecule has 0 atom stereocenters. The maximum Gasteiger partial charge on any atom is 0.354 e. The zero-order valence-corrected chi connectivity index (χ0v) is 7.97. The predicted molar refractivity (Wildman–Crippen MR) is 46.1 cm³/mol. The van der Waals surface area contributed by atoms with E-state index in [0.717, 1.165) is 0 Å². The SMILES string of the molecule is CCOC(=O)c1cc2c([nH]1)C(F)(F)CO2. The van der Waals surface area contributed by atoms with Crippen molar-refractivity contribution in [1.29, 1.82) is 0 Å². The molecule has 2 heterocycles. The molecule has 0 aromatic carbocycles. The van der Waals surface area contributed by atoms with Crippen molar-refractivity contribution < 1.29 is 23.0 Å². The monoisotopic (exact) mass is 217 g/mol. The smallest absolute Gasteiger partial charge is 0.354 e. The topological polar surface area (TPSA) is 51.3 Å². The van der Waals surface area contributed by atoms with Crippen LogP contribution in [-0.4, -0.2) is 24.2 Å². The highest BCUT2D eigenvalue weighted by atomic mass is 19.3. The second kappa shape index (κ2) is 3.22. The predicted octanol–water partition coefficient (Wildman–Crippen LogP) is 1.68. The molecule has 15 heavy (non-hydrogen) atoms. The molecule has 6 heteroatoms. The van der Waals surface area contributed by atoms with E-state index in [1.54, 1.807) is 6.92 Å². The van der Waals surface area contributed by atoms with Crippen molar-refractivity contribution in [2.75, 3.05) is 13.2 Å². The van der Waals surface area contributed by atoms with Gasteiger partial charge in [0.2, 0.25) is 0 Å². The van der Waals surface area contributed by atoms with Crippen LogP contribution in [0.25, 0.3) is 0 Å². The van der Waals surface area contributed by atoms with Crippen LogP contribution in [0.15, 0.2) is 6.07 Å². The Morgan fingerprint density at radius 2 is 2.47 bits per heavy atom. The molecule has 82 valence electrons. The second-order valence-electron chi connectivity index (χ2n) is 3.14. The minimum absolute atomic E-state index is 0.0128. The fourth-order valence-electron chi connectivity index (χ4n) is 1.38. The maximum atomic E-state index is 13.1. The van der Waals surface area contributed by atoms with E-state index in [-0.39, 0.29) is 23.7 Å². The van der Waals surface area contributed by atoms with Gasteiger partial charge in [0.05, 0.1) is 6.61 Å². The van der Waals surface area contributed by atoms with Gasteiger partial charge in [0, 0.05) is 6.07 Å². The number of hydrogen-bond donors (Lipinski definition) is 1. The molecule has 1 aromatic heterocycles. The Balaban J connectivity index is 2.29. The second-order valence-corrected chi connectivity index (χ2v) is 3.14. The molecule has 2 rings (SSSR count). The molecule has 1 aromatic rings. The first-order valence-electron chi connectivity index (χ1n) is 4.46. The molecule has 0 spiro atoms. The lowest BCUT2D eigenvalue weighted by molar-refractivity contribution is -0.0249. The zero-order chi connectivity index (χ0) is 11.1. The highest BCUT2D eigenvalue weighted by molar-refractivity contribution is 5.88. The highest BCUT2D eigenvalue weighted by Crippen LogP contribution is 2.41. The first-order chi connectivity index (χ1) is 7.04.